The van der Waals surface area contributed by atoms with Crippen LogP contribution in [0.25, 0.3) is 0 Å². The summed E-state index contributed by atoms with van der Waals surface area (Å²) in [7, 11) is 0. The second-order valence-electron chi connectivity index (χ2n) is 8.04. The number of fused-ring (bicyclic) bond motifs is 1. The first-order valence-electron chi connectivity index (χ1n) is 9.62. The molecule has 0 fully saturated rings. The van der Waals surface area contributed by atoms with Gasteiger partial charge in [0.25, 0.3) is 0 Å². The molecule has 7 nitrogen and oxygen atoms in total. The number of hydrogen-bond donors (Lipinski definition) is 1. The van der Waals surface area contributed by atoms with E-state index in [1.54, 1.807) is 0 Å². The van der Waals surface area contributed by atoms with E-state index in [2.05, 4.69) is 15.3 Å². The lowest BCUT2D eigenvalue weighted by Crippen LogP contribution is -2.30. The highest BCUT2D eigenvalue weighted by Gasteiger charge is 2.32. The van der Waals surface area contributed by atoms with Gasteiger partial charge in [0.05, 0.1) is 23.8 Å². The monoisotopic (exact) mass is 468 g/mol. The fraction of sp³-hybridized carbons (Fsp3) is 0.286. The van der Waals surface area contributed by atoms with E-state index in [4.69, 9.17) is 9.47 Å². The highest BCUT2D eigenvalue weighted by molar-refractivity contribution is 5.45. The molecular formula is C21H17F5N4O3. The molecule has 33 heavy (non-hydrogen) atoms. The van der Waals surface area contributed by atoms with E-state index < -0.39 is 40.6 Å². The van der Waals surface area contributed by atoms with Gasteiger partial charge in [-0.2, -0.15) is 18.2 Å². The van der Waals surface area contributed by atoms with Gasteiger partial charge in [-0.3, -0.25) is 9.55 Å². The maximum absolute atomic E-state index is 14.4. The lowest BCUT2D eigenvalue weighted by molar-refractivity contribution is -0.137. The second-order valence-corrected chi connectivity index (χ2v) is 8.04. The first-order chi connectivity index (χ1) is 15.4. The lowest BCUT2D eigenvalue weighted by Gasteiger charge is -2.16. The van der Waals surface area contributed by atoms with Crippen molar-refractivity contribution in [3.05, 3.63) is 69.9 Å². The van der Waals surface area contributed by atoms with Crippen molar-refractivity contribution < 1.29 is 31.4 Å². The molecule has 0 amide bonds. The van der Waals surface area contributed by atoms with E-state index in [0.717, 1.165) is 18.3 Å². The van der Waals surface area contributed by atoms with E-state index >= 15 is 0 Å². The normalized spacial score (nSPS) is 14.5. The Hall–Kier alpha value is -3.70. The van der Waals surface area contributed by atoms with Crippen LogP contribution < -0.4 is 20.5 Å². The maximum Gasteiger partial charge on any atom is 0.418 e. The Kier molecular flexibility index (Phi) is 5.46. The second kappa shape index (κ2) is 8.01. The third kappa shape index (κ3) is 4.89. The van der Waals surface area contributed by atoms with Gasteiger partial charge in [-0.05, 0) is 37.6 Å². The summed E-state index contributed by atoms with van der Waals surface area (Å²) in [5.74, 6) is -3.21. The third-order valence-corrected chi connectivity index (χ3v) is 4.71. The molecule has 4 rings (SSSR count). The van der Waals surface area contributed by atoms with Gasteiger partial charge in [0.15, 0.2) is 17.4 Å². The number of rotatable bonds is 5. The largest absolute Gasteiger partial charge is 0.473 e. The molecule has 0 spiro atoms. The van der Waals surface area contributed by atoms with Crippen LogP contribution in [0.3, 0.4) is 0 Å². The first kappa shape index (κ1) is 22.5. The molecule has 1 aliphatic rings. The van der Waals surface area contributed by atoms with Crippen molar-refractivity contribution in [1.82, 2.24) is 14.5 Å². The number of alkyl halides is 3. The van der Waals surface area contributed by atoms with Gasteiger partial charge in [-0.15, -0.1) is 0 Å². The van der Waals surface area contributed by atoms with E-state index in [1.165, 1.54) is 10.6 Å². The smallest absolute Gasteiger partial charge is 0.418 e. The molecule has 0 radical (unpaired) electrons. The molecule has 1 aliphatic heterocycles. The van der Waals surface area contributed by atoms with E-state index in [-0.39, 0.29) is 23.6 Å². The molecule has 1 N–H and O–H groups in total. The molecule has 2 aromatic heterocycles. The Balaban J connectivity index is 1.50. The summed E-state index contributed by atoms with van der Waals surface area (Å²) in [5.41, 5.74) is -1.95. The quantitative estimate of drug-likeness (QED) is 0.556. The summed E-state index contributed by atoms with van der Waals surface area (Å²) in [6.07, 6.45) is -3.22. The van der Waals surface area contributed by atoms with Crippen LogP contribution in [0, 0.1) is 11.6 Å². The van der Waals surface area contributed by atoms with Gasteiger partial charge in [0, 0.05) is 12.3 Å². The van der Waals surface area contributed by atoms with Crippen LogP contribution in [0.5, 0.6) is 17.4 Å². The molecule has 3 heterocycles. The van der Waals surface area contributed by atoms with Gasteiger partial charge < -0.3 is 14.8 Å². The van der Waals surface area contributed by atoms with E-state index in [0.29, 0.717) is 24.6 Å². The number of anilines is 1. The Morgan fingerprint density at radius 2 is 1.82 bits per heavy atom. The predicted molar refractivity (Wildman–Crippen MR) is 106 cm³/mol. The number of aromatic nitrogens is 3. The summed E-state index contributed by atoms with van der Waals surface area (Å²) in [6, 6.07) is 3.89. The van der Waals surface area contributed by atoms with Gasteiger partial charge in [-0.25, -0.2) is 13.6 Å². The minimum Gasteiger partial charge on any atom is -0.473 e. The Bertz CT molecular complexity index is 1250. The molecule has 0 bridgehead atoms. The molecule has 3 aromatic rings. The average Bonchev–Trinajstić information content (AvgIpc) is 3.03. The van der Waals surface area contributed by atoms with Crippen molar-refractivity contribution in [1.29, 1.82) is 0 Å². The molecule has 0 atom stereocenters. The van der Waals surface area contributed by atoms with Crippen molar-refractivity contribution >= 4 is 5.82 Å². The number of pyridine rings is 1. The Labute approximate surface area is 183 Å². The van der Waals surface area contributed by atoms with E-state index in [1.807, 2.05) is 13.8 Å². The zero-order valence-corrected chi connectivity index (χ0v) is 17.3. The minimum atomic E-state index is -4.69. The topological polar surface area (TPSA) is 78.3 Å². The van der Waals surface area contributed by atoms with Crippen LogP contribution in [-0.2, 0) is 19.3 Å². The van der Waals surface area contributed by atoms with E-state index in [9.17, 15) is 26.7 Å². The summed E-state index contributed by atoms with van der Waals surface area (Å²) < 4.78 is 79.1. The fourth-order valence-corrected chi connectivity index (χ4v) is 3.29. The summed E-state index contributed by atoms with van der Waals surface area (Å²) >= 11 is 0. The van der Waals surface area contributed by atoms with Crippen molar-refractivity contribution in [2.75, 3.05) is 5.32 Å². The maximum atomic E-state index is 14.4. The highest BCUT2D eigenvalue weighted by Crippen LogP contribution is 2.34. The van der Waals surface area contributed by atoms with Crippen molar-refractivity contribution in [2.24, 2.45) is 0 Å². The van der Waals surface area contributed by atoms with Gasteiger partial charge in [-0.1, -0.05) is 0 Å². The van der Waals surface area contributed by atoms with Crippen LogP contribution >= 0.6 is 0 Å². The first-order valence-corrected chi connectivity index (χ1v) is 9.62. The van der Waals surface area contributed by atoms with Crippen LogP contribution in [0.1, 0.15) is 25.0 Å². The Morgan fingerprint density at radius 3 is 2.48 bits per heavy atom. The number of ether oxygens (including phenoxy) is 2. The van der Waals surface area contributed by atoms with Crippen LogP contribution in [0.15, 0.2) is 41.5 Å². The fourth-order valence-electron chi connectivity index (χ4n) is 3.29. The number of hydrogen-bond acceptors (Lipinski definition) is 6. The average molecular weight is 468 g/mol. The molecule has 0 saturated heterocycles. The molecule has 174 valence electrons. The van der Waals surface area contributed by atoms with Gasteiger partial charge >= 0.3 is 11.9 Å². The third-order valence-electron chi connectivity index (χ3n) is 4.71. The van der Waals surface area contributed by atoms with Crippen molar-refractivity contribution in [2.45, 2.75) is 38.7 Å². The molecule has 12 heteroatoms. The van der Waals surface area contributed by atoms with Gasteiger partial charge in [0.1, 0.15) is 18.2 Å². The molecule has 0 unspecified atom stereocenters. The number of benzene rings is 1. The molecular weight excluding hydrogens is 451 g/mol. The molecule has 0 saturated carbocycles. The summed E-state index contributed by atoms with van der Waals surface area (Å²) in [5, 5.41) is 3.15. The summed E-state index contributed by atoms with van der Waals surface area (Å²) in [4.78, 5) is 19.3. The zero-order chi connectivity index (χ0) is 24.0. The highest BCUT2D eigenvalue weighted by atomic mass is 19.4. The number of nitrogens with one attached hydrogen (secondary N) is 1. The van der Waals surface area contributed by atoms with Crippen LogP contribution in [0.2, 0.25) is 0 Å². The zero-order valence-electron chi connectivity index (χ0n) is 17.3. The Morgan fingerprint density at radius 1 is 1.12 bits per heavy atom. The summed E-state index contributed by atoms with van der Waals surface area (Å²) in [6.45, 7) is 3.92. The van der Waals surface area contributed by atoms with Gasteiger partial charge in [0.2, 0.25) is 5.88 Å². The van der Waals surface area contributed by atoms with Crippen LogP contribution in [-0.4, -0.2) is 20.1 Å². The molecule has 1 aromatic carbocycles. The number of nitrogens with zero attached hydrogens (tertiary/aromatic N) is 3. The van der Waals surface area contributed by atoms with Crippen molar-refractivity contribution in [3.63, 3.8) is 0 Å². The van der Waals surface area contributed by atoms with Crippen molar-refractivity contribution in [3.8, 4) is 17.4 Å². The standard InChI is InChI=1S/C21H17F5N4O3/c1-20(2)10-30-16(29-20)6-17(28-19(30)31)32-9-11-3-14(22)18(15(23)4-11)33-13-5-12(7-27-8-13)21(24,25)26/h3-8,29H,9-10H2,1-2H3. The lowest BCUT2D eigenvalue weighted by atomic mass is 10.1. The minimum absolute atomic E-state index is 0.0346. The molecule has 0 aliphatic carbocycles. The predicted octanol–water partition coefficient (Wildman–Crippen LogP) is 4.51. The number of halogens is 5. The van der Waals surface area contributed by atoms with Crippen LogP contribution in [0.4, 0.5) is 27.8 Å². The SMILES string of the molecule is CC1(C)Cn2c(cc(OCc3cc(F)c(Oc4cncc(C(F)(F)F)c4)c(F)c3)nc2=O)N1.